The van der Waals surface area contributed by atoms with Crippen molar-refractivity contribution in [1.82, 2.24) is 0 Å². The Balaban J connectivity index is 2.03. The lowest BCUT2D eigenvalue weighted by Gasteiger charge is -2.25. The average Bonchev–Trinajstić information content (AvgIpc) is 2.76. The number of esters is 1. The maximum Gasteiger partial charge on any atom is 0.339 e. The Hall–Kier alpha value is -1.51. The molecule has 2 atom stereocenters. The van der Waals surface area contributed by atoms with Gasteiger partial charge in [-0.2, -0.15) is 0 Å². The summed E-state index contributed by atoms with van der Waals surface area (Å²) in [6.07, 6.45) is 5.02. The van der Waals surface area contributed by atoms with Gasteiger partial charge in [-0.3, -0.25) is 0 Å². The van der Waals surface area contributed by atoms with Crippen LogP contribution in [0.1, 0.15) is 47.5 Å². The SMILES string of the molecule is COC(=O)c1cccc2c1NC1CCCCC21. The van der Waals surface area contributed by atoms with Crippen molar-refractivity contribution in [2.45, 2.75) is 37.6 Å². The number of benzene rings is 1. The van der Waals surface area contributed by atoms with E-state index in [-0.39, 0.29) is 5.97 Å². The molecule has 2 unspecified atom stereocenters. The van der Waals surface area contributed by atoms with Gasteiger partial charge in [0, 0.05) is 12.0 Å². The highest BCUT2D eigenvalue weighted by atomic mass is 16.5. The fourth-order valence-electron chi connectivity index (χ4n) is 3.18. The number of rotatable bonds is 1. The van der Waals surface area contributed by atoms with Gasteiger partial charge in [-0.15, -0.1) is 0 Å². The molecule has 3 nitrogen and oxygen atoms in total. The van der Waals surface area contributed by atoms with Crippen LogP contribution in [0.15, 0.2) is 18.2 Å². The minimum atomic E-state index is -0.243. The number of carbonyl (C=O) groups is 1. The lowest BCUT2D eigenvalue weighted by Crippen LogP contribution is -2.24. The summed E-state index contributed by atoms with van der Waals surface area (Å²) in [5.74, 6) is 0.344. The number of nitrogens with one attached hydrogen (secondary N) is 1. The Bertz CT molecular complexity index is 456. The molecule has 0 saturated heterocycles. The fourth-order valence-corrected chi connectivity index (χ4v) is 3.18. The van der Waals surface area contributed by atoms with E-state index in [1.54, 1.807) is 0 Å². The third-order valence-corrected chi connectivity index (χ3v) is 4.00. The Morgan fingerprint density at radius 2 is 2.18 bits per heavy atom. The second-order valence-electron chi connectivity index (χ2n) is 4.90. The molecule has 3 heteroatoms. The molecule has 1 aromatic carbocycles. The van der Waals surface area contributed by atoms with Crippen LogP contribution in [0.5, 0.6) is 0 Å². The van der Waals surface area contributed by atoms with Gasteiger partial charge in [0.15, 0.2) is 0 Å². The molecule has 17 heavy (non-hydrogen) atoms. The van der Waals surface area contributed by atoms with Crippen LogP contribution in [0, 0.1) is 0 Å². The zero-order valence-corrected chi connectivity index (χ0v) is 10.0. The molecule has 1 aliphatic carbocycles. The van der Waals surface area contributed by atoms with Gasteiger partial charge >= 0.3 is 5.97 Å². The van der Waals surface area contributed by atoms with Gasteiger partial charge in [0.1, 0.15) is 0 Å². The second-order valence-corrected chi connectivity index (χ2v) is 4.90. The molecule has 1 saturated carbocycles. The van der Waals surface area contributed by atoms with Crippen LogP contribution in [0.3, 0.4) is 0 Å². The molecule has 2 aliphatic rings. The molecule has 0 bridgehead atoms. The molecule has 1 aliphatic heterocycles. The summed E-state index contributed by atoms with van der Waals surface area (Å²) >= 11 is 0. The smallest absolute Gasteiger partial charge is 0.339 e. The summed E-state index contributed by atoms with van der Waals surface area (Å²) in [6.45, 7) is 0. The summed E-state index contributed by atoms with van der Waals surface area (Å²) in [7, 11) is 1.43. The summed E-state index contributed by atoms with van der Waals surface area (Å²) < 4.78 is 4.84. The van der Waals surface area contributed by atoms with Crippen LogP contribution in [0.25, 0.3) is 0 Å². The molecule has 1 heterocycles. The number of hydrogen-bond acceptors (Lipinski definition) is 3. The number of methoxy groups -OCH3 is 1. The normalized spacial score (nSPS) is 25.7. The van der Waals surface area contributed by atoms with E-state index in [1.165, 1.54) is 38.4 Å². The summed E-state index contributed by atoms with van der Waals surface area (Å²) in [5.41, 5.74) is 2.99. The quantitative estimate of drug-likeness (QED) is 0.755. The number of anilines is 1. The van der Waals surface area contributed by atoms with Gasteiger partial charge < -0.3 is 10.1 Å². The van der Waals surface area contributed by atoms with Crippen LogP contribution in [0.4, 0.5) is 5.69 Å². The second kappa shape index (κ2) is 4.06. The van der Waals surface area contributed by atoms with Crippen molar-refractivity contribution in [2.75, 3.05) is 12.4 Å². The topological polar surface area (TPSA) is 38.3 Å². The molecule has 0 amide bonds. The molecule has 1 aromatic rings. The van der Waals surface area contributed by atoms with E-state index in [4.69, 9.17) is 4.74 Å². The van der Waals surface area contributed by atoms with E-state index >= 15 is 0 Å². The molecule has 3 rings (SSSR count). The van der Waals surface area contributed by atoms with Crippen molar-refractivity contribution >= 4 is 11.7 Å². The number of carbonyl (C=O) groups excluding carboxylic acids is 1. The zero-order valence-electron chi connectivity index (χ0n) is 10.0. The van der Waals surface area contributed by atoms with Gasteiger partial charge in [0.05, 0.1) is 18.4 Å². The first-order valence-electron chi connectivity index (χ1n) is 6.29. The highest BCUT2D eigenvalue weighted by Crippen LogP contribution is 2.45. The first-order chi connectivity index (χ1) is 8.31. The molecule has 0 spiro atoms. The predicted octanol–water partition coefficient (Wildman–Crippen LogP) is 2.92. The molecule has 1 fully saturated rings. The van der Waals surface area contributed by atoms with Crippen molar-refractivity contribution in [1.29, 1.82) is 0 Å². The van der Waals surface area contributed by atoms with E-state index in [0.29, 0.717) is 17.5 Å². The number of fused-ring (bicyclic) bond motifs is 3. The summed E-state index contributed by atoms with van der Waals surface area (Å²) in [5, 5.41) is 3.52. The Kier molecular flexibility index (Phi) is 2.54. The molecular formula is C14H17NO2. The first-order valence-corrected chi connectivity index (χ1v) is 6.29. The van der Waals surface area contributed by atoms with Crippen LogP contribution >= 0.6 is 0 Å². The van der Waals surface area contributed by atoms with Crippen molar-refractivity contribution in [3.63, 3.8) is 0 Å². The number of ether oxygens (including phenoxy) is 1. The van der Waals surface area contributed by atoms with Crippen molar-refractivity contribution in [2.24, 2.45) is 0 Å². The van der Waals surface area contributed by atoms with E-state index in [9.17, 15) is 4.79 Å². The molecule has 0 aromatic heterocycles. The van der Waals surface area contributed by atoms with Gasteiger partial charge in [0.25, 0.3) is 0 Å². The van der Waals surface area contributed by atoms with Gasteiger partial charge in [-0.05, 0) is 24.5 Å². The van der Waals surface area contributed by atoms with Crippen LogP contribution < -0.4 is 5.32 Å². The van der Waals surface area contributed by atoms with E-state index in [1.807, 2.05) is 12.1 Å². The van der Waals surface area contributed by atoms with E-state index in [0.717, 1.165) is 5.69 Å². The third kappa shape index (κ3) is 1.61. The molecular weight excluding hydrogens is 214 g/mol. The molecule has 90 valence electrons. The van der Waals surface area contributed by atoms with Crippen molar-refractivity contribution < 1.29 is 9.53 Å². The van der Waals surface area contributed by atoms with Crippen LogP contribution in [0.2, 0.25) is 0 Å². The van der Waals surface area contributed by atoms with Gasteiger partial charge in [0.2, 0.25) is 0 Å². The predicted molar refractivity (Wildman–Crippen MR) is 66.4 cm³/mol. The minimum Gasteiger partial charge on any atom is -0.465 e. The lowest BCUT2D eigenvalue weighted by molar-refractivity contribution is 0.0602. The average molecular weight is 231 g/mol. The monoisotopic (exact) mass is 231 g/mol. The largest absolute Gasteiger partial charge is 0.465 e. The minimum absolute atomic E-state index is 0.243. The number of hydrogen-bond donors (Lipinski definition) is 1. The standard InChI is InChI=1S/C14H17NO2/c1-17-14(16)11-7-4-6-10-9-5-2-3-8-12(9)15-13(10)11/h4,6-7,9,12,15H,2-3,5,8H2,1H3. The Morgan fingerprint density at radius 3 is 3.00 bits per heavy atom. The summed E-state index contributed by atoms with van der Waals surface area (Å²) in [4.78, 5) is 11.7. The van der Waals surface area contributed by atoms with Crippen molar-refractivity contribution in [3.05, 3.63) is 29.3 Å². The van der Waals surface area contributed by atoms with Gasteiger partial charge in [-0.25, -0.2) is 4.79 Å². The maximum absolute atomic E-state index is 11.7. The Morgan fingerprint density at radius 1 is 1.35 bits per heavy atom. The van der Waals surface area contributed by atoms with Gasteiger partial charge in [-0.1, -0.05) is 25.0 Å². The lowest BCUT2D eigenvalue weighted by atomic mass is 9.82. The highest BCUT2D eigenvalue weighted by Gasteiger charge is 2.35. The molecule has 0 radical (unpaired) electrons. The third-order valence-electron chi connectivity index (χ3n) is 4.00. The maximum atomic E-state index is 11.7. The fraction of sp³-hybridized carbons (Fsp3) is 0.500. The number of para-hydroxylation sites is 1. The van der Waals surface area contributed by atoms with E-state index in [2.05, 4.69) is 11.4 Å². The molecule has 1 N–H and O–H groups in total. The first kappa shape index (κ1) is 10.6. The Labute approximate surface area is 101 Å². The van der Waals surface area contributed by atoms with Crippen molar-refractivity contribution in [3.8, 4) is 0 Å². The highest BCUT2D eigenvalue weighted by molar-refractivity contribution is 5.97. The van der Waals surface area contributed by atoms with Crippen LogP contribution in [-0.2, 0) is 4.74 Å². The summed E-state index contributed by atoms with van der Waals surface area (Å²) in [6, 6.07) is 6.47. The van der Waals surface area contributed by atoms with Crippen LogP contribution in [-0.4, -0.2) is 19.1 Å². The zero-order chi connectivity index (χ0) is 11.8. The van der Waals surface area contributed by atoms with E-state index < -0.39 is 0 Å².